The zero-order chi connectivity index (χ0) is 37.8. The van der Waals surface area contributed by atoms with Crippen molar-refractivity contribution in [2.75, 3.05) is 13.2 Å². The molecule has 0 saturated carbocycles. The van der Waals surface area contributed by atoms with Gasteiger partial charge >= 0.3 is 11.9 Å². The Morgan fingerprint density at radius 1 is 0.442 bits per heavy atom. The van der Waals surface area contributed by atoms with E-state index in [1.54, 1.807) is 0 Å². The highest BCUT2D eigenvalue weighted by Crippen LogP contribution is 2.14. The van der Waals surface area contributed by atoms with Crippen LogP contribution in [-0.2, 0) is 19.1 Å². The van der Waals surface area contributed by atoms with E-state index < -0.39 is 6.10 Å². The summed E-state index contributed by atoms with van der Waals surface area (Å²) in [5.41, 5.74) is 0. The van der Waals surface area contributed by atoms with Crippen LogP contribution in [0.4, 0.5) is 0 Å². The van der Waals surface area contributed by atoms with Crippen molar-refractivity contribution in [1.29, 1.82) is 0 Å². The van der Waals surface area contributed by atoms with Gasteiger partial charge in [0.05, 0.1) is 6.61 Å². The number of allylic oxidation sites excluding steroid dienone is 8. The van der Waals surface area contributed by atoms with Crippen LogP contribution in [0.5, 0.6) is 0 Å². The number of aliphatic hydroxyl groups excluding tert-OH is 1. The van der Waals surface area contributed by atoms with Gasteiger partial charge in [-0.3, -0.25) is 9.59 Å². The minimum atomic E-state index is -0.783. The number of hydrogen-bond acceptors (Lipinski definition) is 5. The van der Waals surface area contributed by atoms with Crippen LogP contribution in [0, 0.1) is 0 Å². The fourth-order valence-corrected chi connectivity index (χ4v) is 6.20. The third-order valence-corrected chi connectivity index (χ3v) is 9.60. The van der Waals surface area contributed by atoms with Gasteiger partial charge in [-0.1, -0.05) is 178 Å². The Bertz CT molecular complexity index is 873. The van der Waals surface area contributed by atoms with E-state index in [9.17, 15) is 14.7 Å². The molecule has 0 aromatic rings. The number of carbonyl (C=O) groups is 2. The first kappa shape index (κ1) is 49.9. The zero-order valence-corrected chi connectivity index (χ0v) is 34.3. The molecule has 1 N–H and O–H groups in total. The molecule has 0 aliphatic rings. The lowest BCUT2D eigenvalue weighted by Crippen LogP contribution is -2.28. The van der Waals surface area contributed by atoms with E-state index in [0.29, 0.717) is 12.8 Å². The van der Waals surface area contributed by atoms with Crippen LogP contribution in [0.25, 0.3) is 0 Å². The molecule has 0 unspecified atom stereocenters. The average molecular weight is 729 g/mol. The summed E-state index contributed by atoms with van der Waals surface area (Å²) in [6.07, 6.45) is 54.7. The Morgan fingerprint density at radius 2 is 0.769 bits per heavy atom. The van der Waals surface area contributed by atoms with Gasteiger partial charge < -0.3 is 14.6 Å². The van der Waals surface area contributed by atoms with Gasteiger partial charge in [-0.25, -0.2) is 0 Å². The normalized spacial score (nSPS) is 12.6. The molecule has 0 amide bonds. The molecule has 0 rings (SSSR count). The molecule has 0 bridgehead atoms. The lowest BCUT2D eigenvalue weighted by molar-refractivity contribution is -0.161. The highest BCUT2D eigenvalue weighted by atomic mass is 16.6. The number of unbranched alkanes of at least 4 members (excludes halogenated alkanes) is 24. The molecule has 0 aliphatic carbocycles. The van der Waals surface area contributed by atoms with Gasteiger partial charge in [0.25, 0.3) is 0 Å². The predicted octanol–water partition coefficient (Wildman–Crippen LogP) is 14.2. The Morgan fingerprint density at radius 3 is 1.21 bits per heavy atom. The molecule has 0 saturated heterocycles. The highest BCUT2D eigenvalue weighted by Gasteiger charge is 2.16. The third-order valence-electron chi connectivity index (χ3n) is 9.60. The molecule has 0 aliphatic heterocycles. The lowest BCUT2D eigenvalue weighted by Gasteiger charge is -2.15. The summed E-state index contributed by atoms with van der Waals surface area (Å²) in [6, 6.07) is 0. The minimum Gasteiger partial charge on any atom is -0.462 e. The van der Waals surface area contributed by atoms with Crippen LogP contribution < -0.4 is 0 Å². The van der Waals surface area contributed by atoms with Crippen LogP contribution >= 0.6 is 0 Å². The fraction of sp³-hybridized carbons (Fsp3) is 0.787. The van der Waals surface area contributed by atoms with Gasteiger partial charge in [0.15, 0.2) is 6.10 Å². The molecule has 0 spiro atoms. The maximum Gasteiger partial charge on any atom is 0.306 e. The summed E-state index contributed by atoms with van der Waals surface area (Å²) in [5, 5.41) is 9.58. The standard InChI is InChI=1S/C47H84O5/c1-3-5-7-9-11-13-15-17-19-21-22-23-24-26-27-29-31-33-35-37-39-41-46(49)51-44-45(43-48)52-47(50)42-40-38-36-34-32-30-28-25-20-18-16-14-12-10-8-6-4-2/h12,14,17-20,28,30,45,48H,3-11,13,15-16,21-27,29,31-44H2,1-2H3/t45-/m0/s1. The first-order valence-electron chi connectivity index (χ1n) is 22.2. The molecule has 5 heteroatoms. The van der Waals surface area contributed by atoms with Gasteiger partial charge in [0, 0.05) is 12.8 Å². The van der Waals surface area contributed by atoms with Crippen molar-refractivity contribution in [3.8, 4) is 0 Å². The summed E-state index contributed by atoms with van der Waals surface area (Å²) < 4.78 is 10.6. The quantitative estimate of drug-likeness (QED) is 0.0386. The number of ether oxygens (including phenoxy) is 2. The van der Waals surface area contributed by atoms with Crippen molar-refractivity contribution >= 4 is 11.9 Å². The highest BCUT2D eigenvalue weighted by molar-refractivity contribution is 5.70. The number of esters is 2. The molecular weight excluding hydrogens is 645 g/mol. The van der Waals surface area contributed by atoms with Crippen molar-refractivity contribution in [3.63, 3.8) is 0 Å². The Hall–Kier alpha value is -2.14. The monoisotopic (exact) mass is 729 g/mol. The Balaban J connectivity index is 3.55. The molecule has 0 aromatic heterocycles. The average Bonchev–Trinajstić information content (AvgIpc) is 3.15. The van der Waals surface area contributed by atoms with E-state index in [0.717, 1.165) is 64.2 Å². The van der Waals surface area contributed by atoms with Crippen molar-refractivity contribution in [2.45, 2.75) is 225 Å². The second kappa shape index (κ2) is 43.3. The van der Waals surface area contributed by atoms with Crippen molar-refractivity contribution < 1.29 is 24.2 Å². The van der Waals surface area contributed by atoms with E-state index in [2.05, 4.69) is 62.5 Å². The van der Waals surface area contributed by atoms with E-state index in [1.165, 1.54) is 128 Å². The molecule has 5 nitrogen and oxygen atoms in total. The number of hydrogen-bond donors (Lipinski definition) is 1. The summed E-state index contributed by atoms with van der Waals surface area (Å²) >= 11 is 0. The maximum absolute atomic E-state index is 12.2. The van der Waals surface area contributed by atoms with Crippen LogP contribution in [0.3, 0.4) is 0 Å². The van der Waals surface area contributed by atoms with E-state index in [1.807, 2.05) is 0 Å². The van der Waals surface area contributed by atoms with Crippen LogP contribution in [0.15, 0.2) is 48.6 Å². The van der Waals surface area contributed by atoms with Gasteiger partial charge in [-0.2, -0.15) is 0 Å². The summed E-state index contributed by atoms with van der Waals surface area (Å²) in [4.78, 5) is 24.3. The smallest absolute Gasteiger partial charge is 0.306 e. The topological polar surface area (TPSA) is 72.8 Å². The first-order valence-corrected chi connectivity index (χ1v) is 22.2. The second-order valence-electron chi connectivity index (χ2n) is 14.8. The minimum absolute atomic E-state index is 0.0751. The summed E-state index contributed by atoms with van der Waals surface area (Å²) in [5.74, 6) is -0.613. The second-order valence-corrected chi connectivity index (χ2v) is 14.8. The van der Waals surface area contributed by atoms with Gasteiger partial charge in [-0.15, -0.1) is 0 Å². The largest absolute Gasteiger partial charge is 0.462 e. The molecule has 0 fully saturated rings. The van der Waals surface area contributed by atoms with Crippen molar-refractivity contribution in [2.24, 2.45) is 0 Å². The number of aliphatic hydroxyl groups is 1. The lowest BCUT2D eigenvalue weighted by atomic mass is 10.0. The molecule has 52 heavy (non-hydrogen) atoms. The molecule has 1 atom stereocenters. The number of rotatable bonds is 40. The van der Waals surface area contributed by atoms with Crippen LogP contribution in [0.2, 0.25) is 0 Å². The predicted molar refractivity (Wildman–Crippen MR) is 224 cm³/mol. The Labute approximate surface area is 322 Å². The fourth-order valence-electron chi connectivity index (χ4n) is 6.20. The van der Waals surface area contributed by atoms with E-state index in [4.69, 9.17) is 9.47 Å². The molecule has 302 valence electrons. The van der Waals surface area contributed by atoms with Gasteiger partial charge in [-0.05, 0) is 77.0 Å². The zero-order valence-electron chi connectivity index (χ0n) is 34.3. The first-order chi connectivity index (χ1) is 25.6. The van der Waals surface area contributed by atoms with Crippen LogP contribution in [0.1, 0.15) is 219 Å². The third kappa shape index (κ3) is 40.6. The molecule has 0 radical (unpaired) electrons. The molecule has 0 aromatic carbocycles. The van der Waals surface area contributed by atoms with E-state index >= 15 is 0 Å². The van der Waals surface area contributed by atoms with Gasteiger partial charge in [0.1, 0.15) is 6.61 Å². The van der Waals surface area contributed by atoms with Crippen LogP contribution in [-0.4, -0.2) is 36.4 Å². The SMILES string of the molecule is CCCCCC=CCC=CCC=CCCCCCCC(=O)O[C@@H](CO)COC(=O)CCCCCCCCCCCCCC=CCCCCCCCC. The van der Waals surface area contributed by atoms with Crippen molar-refractivity contribution in [1.82, 2.24) is 0 Å². The molecule has 0 heterocycles. The van der Waals surface area contributed by atoms with E-state index in [-0.39, 0.29) is 25.2 Å². The summed E-state index contributed by atoms with van der Waals surface area (Å²) in [7, 11) is 0. The van der Waals surface area contributed by atoms with Crippen molar-refractivity contribution in [3.05, 3.63) is 48.6 Å². The summed E-state index contributed by atoms with van der Waals surface area (Å²) in [6.45, 7) is 4.10. The van der Waals surface area contributed by atoms with Gasteiger partial charge in [0.2, 0.25) is 0 Å². The molecular formula is C47H84O5. The number of carbonyl (C=O) groups excluding carboxylic acids is 2. The maximum atomic E-state index is 12.2. The Kier molecular flexibility index (Phi) is 41.5.